The minimum Gasteiger partial charge on any atom is -0.273 e. The van der Waals surface area contributed by atoms with Gasteiger partial charge in [0.15, 0.2) is 17.5 Å². The lowest BCUT2D eigenvalue weighted by atomic mass is 10.1. The molecule has 1 aliphatic heterocycles. The highest BCUT2D eigenvalue weighted by Gasteiger charge is 2.22. The molecule has 0 aliphatic carbocycles. The standard InChI is InChI=1S/C11H12F3NO/c1-7-3-2-4-16-15(7)8-5-9(12)11(14)10(13)6-8/h5-7H,2-4H2,1H3. The molecular formula is C11H12F3NO. The molecule has 0 radical (unpaired) electrons. The third-order valence-electron chi connectivity index (χ3n) is 2.62. The van der Waals surface area contributed by atoms with Crippen LogP contribution in [0.3, 0.4) is 0 Å². The molecule has 0 saturated carbocycles. The predicted molar refractivity (Wildman–Crippen MR) is 53.4 cm³/mol. The van der Waals surface area contributed by atoms with Crippen LogP contribution in [0.25, 0.3) is 0 Å². The van der Waals surface area contributed by atoms with Gasteiger partial charge in [-0.25, -0.2) is 13.2 Å². The Balaban J connectivity index is 2.32. The highest BCUT2D eigenvalue weighted by atomic mass is 19.2. The molecule has 0 aromatic heterocycles. The van der Waals surface area contributed by atoms with Gasteiger partial charge in [0.25, 0.3) is 0 Å². The Morgan fingerprint density at radius 1 is 1.25 bits per heavy atom. The number of rotatable bonds is 1. The zero-order valence-electron chi connectivity index (χ0n) is 8.84. The van der Waals surface area contributed by atoms with Gasteiger partial charge in [-0.15, -0.1) is 0 Å². The molecule has 5 heteroatoms. The molecule has 1 aliphatic rings. The number of hydroxylamine groups is 1. The highest BCUT2D eigenvalue weighted by Crippen LogP contribution is 2.26. The molecule has 1 atom stereocenters. The molecule has 0 amide bonds. The van der Waals surface area contributed by atoms with E-state index in [0.29, 0.717) is 6.61 Å². The molecule has 1 heterocycles. The van der Waals surface area contributed by atoms with Gasteiger partial charge in [-0.2, -0.15) is 0 Å². The first-order valence-electron chi connectivity index (χ1n) is 5.16. The van der Waals surface area contributed by atoms with Crippen molar-refractivity contribution in [3.05, 3.63) is 29.6 Å². The van der Waals surface area contributed by atoms with E-state index in [4.69, 9.17) is 4.84 Å². The van der Waals surface area contributed by atoms with Gasteiger partial charge >= 0.3 is 0 Å². The third-order valence-corrected chi connectivity index (χ3v) is 2.62. The number of nitrogens with zero attached hydrogens (tertiary/aromatic N) is 1. The van der Waals surface area contributed by atoms with Gasteiger partial charge in [-0.05, 0) is 19.8 Å². The van der Waals surface area contributed by atoms with Gasteiger partial charge < -0.3 is 0 Å². The van der Waals surface area contributed by atoms with Crippen LogP contribution < -0.4 is 5.06 Å². The van der Waals surface area contributed by atoms with Crippen LogP contribution in [0.5, 0.6) is 0 Å². The summed E-state index contributed by atoms with van der Waals surface area (Å²) in [5.74, 6) is -3.85. The maximum absolute atomic E-state index is 13.0. The molecular weight excluding hydrogens is 219 g/mol. The Bertz CT molecular complexity index is 374. The van der Waals surface area contributed by atoms with E-state index < -0.39 is 17.5 Å². The Morgan fingerprint density at radius 3 is 2.44 bits per heavy atom. The molecule has 2 nitrogen and oxygen atoms in total. The van der Waals surface area contributed by atoms with Crippen molar-refractivity contribution in [2.75, 3.05) is 11.7 Å². The summed E-state index contributed by atoms with van der Waals surface area (Å²) in [5.41, 5.74) is 0.212. The number of hydrogen-bond donors (Lipinski definition) is 0. The molecule has 88 valence electrons. The second-order valence-corrected chi connectivity index (χ2v) is 3.87. The first-order chi connectivity index (χ1) is 7.59. The van der Waals surface area contributed by atoms with Crippen LogP contribution in [0, 0.1) is 17.5 Å². The van der Waals surface area contributed by atoms with Gasteiger partial charge in [0.2, 0.25) is 0 Å². The van der Waals surface area contributed by atoms with Gasteiger partial charge in [0, 0.05) is 12.1 Å². The van der Waals surface area contributed by atoms with Crippen LogP contribution in [0.4, 0.5) is 18.9 Å². The lowest BCUT2D eigenvalue weighted by Gasteiger charge is -2.34. The normalized spacial score (nSPS) is 21.2. The number of hydrogen-bond acceptors (Lipinski definition) is 2. The topological polar surface area (TPSA) is 12.5 Å². The molecule has 1 saturated heterocycles. The summed E-state index contributed by atoms with van der Waals surface area (Å²) in [5, 5.41) is 1.43. The van der Waals surface area contributed by atoms with Crippen molar-refractivity contribution in [3.63, 3.8) is 0 Å². The second-order valence-electron chi connectivity index (χ2n) is 3.87. The van der Waals surface area contributed by atoms with Crippen LogP contribution >= 0.6 is 0 Å². The highest BCUT2D eigenvalue weighted by molar-refractivity contribution is 5.46. The molecule has 1 unspecified atom stereocenters. The van der Waals surface area contributed by atoms with Gasteiger partial charge in [-0.3, -0.25) is 9.90 Å². The fourth-order valence-corrected chi connectivity index (χ4v) is 1.78. The molecule has 0 bridgehead atoms. The SMILES string of the molecule is CC1CCCON1c1cc(F)c(F)c(F)c1. The summed E-state index contributed by atoms with van der Waals surface area (Å²) in [6, 6.07) is 1.92. The third kappa shape index (κ3) is 2.00. The molecule has 1 aromatic rings. The fraction of sp³-hybridized carbons (Fsp3) is 0.455. The first-order valence-corrected chi connectivity index (χ1v) is 5.16. The number of anilines is 1. The Hall–Kier alpha value is -1.23. The smallest absolute Gasteiger partial charge is 0.194 e. The average Bonchev–Trinajstić information content (AvgIpc) is 2.26. The van der Waals surface area contributed by atoms with Crippen molar-refractivity contribution < 1.29 is 18.0 Å². The lowest BCUT2D eigenvalue weighted by Crippen LogP contribution is -2.37. The van der Waals surface area contributed by atoms with E-state index in [9.17, 15) is 13.2 Å². The van der Waals surface area contributed by atoms with E-state index in [-0.39, 0.29) is 11.7 Å². The number of benzene rings is 1. The van der Waals surface area contributed by atoms with Crippen molar-refractivity contribution >= 4 is 5.69 Å². The van der Waals surface area contributed by atoms with E-state index in [1.165, 1.54) is 5.06 Å². The van der Waals surface area contributed by atoms with Gasteiger partial charge in [0.05, 0.1) is 18.3 Å². The Kier molecular flexibility index (Phi) is 3.05. The maximum atomic E-state index is 13.0. The number of halogens is 3. The molecule has 1 fully saturated rings. The minimum atomic E-state index is -1.45. The zero-order valence-corrected chi connectivity index (χ0v) is 8.84. The predicted octanol–water partition coefficient (Wildman–Crippen LogP) is 3.02. The Labute approximate surface area is 91.6 Å². The minimum absolute atomic E-state index is 0.0259. The molecule has 1 aromatic carbocycles. The maximum Gasteiger partial charge on any atom is 0.194 e. The van der Waals surface area contributed by atoms with Crippen molar-refractivity contribution in [1.29, 1.82) is 0 Å². The van der Waals surface area contributed by atoms with Crippen molar-refractivity contribution in [2.45, 2.75) is 25.8 Å². The average molecular weight is 231 g/mol. The summed E-state index contributed by atoms with van der Waals surface area (Å²) in [7, 11) is 0. The second kappa shape index (κ2) is 4.33. The zero-order chi connectivity index (χ0) is 11.7. The van der Waals surface area contributed by atoms with Crippen LogP contribution in [0.2, 0.25) is 0 Å². The van der Waals surface area contributed by atoms with Crippen LogP contribution in [-0.4, -0.2) is 12.6 Å². The monoisotopic (exact) mass is 231 g/mol. The summed E-state index contributed by atoms with van der Waals surface area (Å²) < 4.78 is 38.8. The van der Waals surface area contributed by atoms with Gasteiger partial charge in [-0.1, -0.05) is 0 Å². The van der Waals surface area contributed by atoms with E-state index in [1.807, 2.05) is 6.92 Å². The van der Waals surface area contributed by atoms with Crippen molar-refractivity contribution in [2.24, 2.45) is 0 Å². The van der Waals surface area contributed by atoms with E-state index in [2.05, 4.69) is 0 Å². The van der Waals surface area contributed by atoms with E-state index in [0.717, 1.165) is 25.0 Å². The van der Waals surface area contributed by atoms with Crippen LogP contribution in [-0.2, 0) is 4.84 Å². The summed E-state index contributed by atoms with van der Waals surface area (Å²) in [6.45, 7) is 2.39. The largest absolute Gasteiger partial charge is 0.273 e. The Morgan fingerprint density at radius 2 is 1.88 bits per heavy atom. The molecule has 16 heavy (non-hydrogen) atoms. The molecule has 0 N–H and O–H groups in total. The lowest BCUT2D eigenvalue weighted by molar-refractivity contribution is 0.0530. The summed E-state index contributed by atoms with van der Waals surface area (Å²) >= 11 is 0. The van der Waals surface area contributed by atoms with Crippen LogP contribution in [0.1, 0.15) is 19.8 Å². The van der Waals surface area contributed by atoms with Crippen LogP contribution in [0.15, 0.2) is 12.1 Å². The quantitative estimate of drug-likeness (QED) is 0.689. The first kappa shape index (κ1) is 11.3. The van der Waals surface area contributed by atoms with Crippen molar-refractivity contribution in [1.82, 2.24) is 0 Å². The van der Waals surface area contributed by atoms with Gasteiger partial charge in [0.1, 0.15) is 0 Å². The summed E-state index contributed by atoms with van der Waals surface area (Å²) in [6.07, 6.45) is 1.78. The fourth-order valence-electron chi connectivity index (χ4n) is 1.78. The molecule has 0 spiro atoms. The van der Waals surface area contributed by atoms with Crippen molar-refractivity contribution in [3.8, 4) is 0 Å². The van der Waals surface area contributed by atoms with E-state index >= 15 is 0 Å². The molecule has 2 rings (SSSR count). The van der Waals surface area contributed by atoms with E-state index in [1.54, 1.807) is 0 Å². The summed E-state index contributed by atoms with van der Waals surface area (Å²) in [4.78, 5) is 5.30.